The van der Waals surface area contributed by atoms with Gasteiger partial charge in [0.15, 0.2) is 0 Å². The molecule has 148 valence electrons. The molecule has 0 bridgehead atoms. The van der Waals surface area contributed by atoms with Gasteiger partial charge in [0, 0.05) is 19.3 Å². The second kappa shape index (κ2) is 9.03. The Labute approximate surface area is 168 Å². The van der Waals surface area contributed by atoms with Gasteiger partial charge in [-0.15, -0.1) is 0 Å². The molecule has 1 saturated heterocycles. The first-order valence-electron chi connectivity index (χ1n) is 9.44. The molecule has 0 unspecified atom stereocenters. The molecule has 0 amide bonds. The Bertz CT molecular complexity index is 982. The number of aromatic nitrogens is 3. The van der Waals surface area contributed by atoms with Crippen LogP contribution in [0.5, 0.6) is 0 Å². The van der Waals surface area contributed by atoms with E-state index in [1.807, 2.05) is 26.0 Å². The van der Waals surface area contributed by atoms with Gasteiger partial charge < -0.3 is 20.3 Å². The molecule has 0 atom stereocenters. The molecule has 3 aromatic heterocycles. The highest BCUT2D eigenvalue weighted by molar-refractivity contribution is 6.30. The van der Waals surface area contributed by atoms with Crippen LogP contribution in [0, 0.1) is 0 Å². The van der Waals surface area contributed by atoms with Crippen molar-refractivity contribution < 1.29 is 5.11 Å². The molecule has 8 heteroatoms. The molecule has 4 rings (SSSR count). The SMILES string of the molecule is CC.O=c1[nH]ccc2nc(Cl)cc(Nc3ccc(N4CCC(O)CC4)cn3)c12. The van der Waals surface area contributed by atoms with Crippen LogP contribution in [0.15, 0.2) is 41.5 Å². The van der Waals surface area contributed by atoms with Crippen LogP contribution in [0.3, 0.4) is 0 Å². The van der Waals surface area contributed by atoms with Crippen LogP contribution in [0.4, 0.5) is 17.2 Å². The largest absolute Gasteiger partial charge is 0.393 e. The predicted molar refractivity (Wildman–Crippen MR) is 114 cm³/mol. The van der Waals surface area contributed by atoms with Gasteiger partial charge in [-0.1, -0.05) is 25.4 Å². The van der Waals surface area contributed by atoms with Crippen molar-refractivity contribution in [2.75, 3.05) is 23.3 Å². The van der Waals surface area contributed by atoms with Crippen LogP contribution >= 0.6 is 11.6 Å². The molecular weight excluding hydrogens is 378 g/mol. The quantitative estimate of drug-likeness (QED) is 0.579. The van der Waals surface area contributed by atoms with Crippen molar-refractivity contribution in [3.8, 4) is 0 Å². The molecule has 3 aromatic rings. The number of fused-ring (bicyclic) bond motifs is 1. The Kier molecular flexibility index (Phi) is 6.49. The van der Waals surface area contributed by atoms with Crippen molar-refractivity contribution in [2.24, 2.45) is 0 Å². The van der Waals surface area contributed by atoms with Crippen LogP contribution in [0.2, 0.25) is 5.15 Å². The molecule has 0 spiro atoms. The molecule has 0 saturated carbocycles. The number of halogens is 1. The number of anilines is 3. The molecule has 4 heterocycles. The van der Waals surface area contributed by atoms with Crippen molar-refractivity contribution in [2.45, 2.75) is 32.8 Å². The maximum Gasteiger partial charge on any atom is 0.259 e. The van der Waals surface area contributed by atoms with Crippen molar-refractivity contribution >= 4 is 39.7 Å². The molecule has 1 aliphatic heterocycles. The van der Waals surface area contributed by atoms with Gasteiger partial charge in [0.2, 0.25) is 0 Å². The van der Waals surface area contributed by atoms with Crippen LogP contribution in [-0.2, 0) is 0 Å². The van der Waals surface area contributed by atoms with Gasteiger partial charge in [0.25, 0.3) is 5.56 Å². The average Bonchev–Trinajstić information content (AvgIpc) is 2.70. The number of piperidine rings is 1. The Hall–Kier alpha value is -2.64. The second-order valence-corrected chi connectivity index (χ2v) is 6.69. The summed E-state index contributed by atoms with van der Waals surface area (Å²) in [6, 6.07) is 7.15. The summed E-state index contributed by atoms with van der Waals surface area (Å²) in [6.07, 6.45) is 4.66. The van der Waals surface area contributed by atoms with Gasteiger partial charge in [-0.3, -0.25) is 4.79 Å². The summed E-state index contributed by atoms with van der Waals surface area (Å²) in [5.74, 6) is 0.609. The number of aliphatic hydroxyl groups is 1. The third-order valence-electron chi connectivity index (χ3n) is 4.54. The van der Waals surface area contributed by atoms with Crippen molar-refractivity contribution in [3.63, 3.8) is 0 Å². The molecule has 0 aromatic carbocycles. The maximum atomic E-state index is 12.2. The first-order valence-corrected chi connectivity index (χ1v) is 9.82. The minimum absolute atomic E-state index is 0.206. The summed E-state index contributed by atoms with van der Waals surface area (Å²) in [5, 5.41) is 13.5. The van der Waals surface area contributed by atoms with E-state index in [2.05, 4.69) is 25.2 Å². The highest BCUT2D eigenvalue weighted by Crippen LogP contribution is 2.26. The zero-order valence-corrected chi connectivity index (χ0v) is 16.7. The third-order valence-corrected chi connectivity index (χ3v) is 4.73. The zero-order valence-electron chi connectivity index (χ0n) is 15.9. The molecule has 1 aliphatic rings. The molecular formula is C20H24ClN5O2. The molecule has 1 fully saturated rings. The van der Waals surface area contributed by atoms with E-state index in [0.29, 0.717) is 27.6 Å². The highest BCUT2D eigenvalue weighted by atomic mass is 35.5. The predicted octanol–water partition coefficient (Wildman–Crippen LogP) is 3.70. The number of rotatable bonds is 3. The van der Waals surface area contributed by atoms with Gasteiger partial charge >= 0.3 is 0 Å². The van der Waals surface area contributed by atoms with Crippen LogP contribution in [0.1, 0.15) is 26.7 Å². The minimum Gasteiger partial charge on any atom is -0.393 e. The highest BCUT2D eigenvalue weighted by Gasteiger charge is 2.17. The molecule has 28 heavy (non-hydrogen) atoms. The van der Waals surface area contributed by atoms with Gasteiger partial charge in [-0.05, 0) is 37.1 Å². The monoisotopic (exact) mass is 401 g/mol. The third kappa shape index (κ3) is 4.43. The van der Waals surface area contributed by atoms with E-state index in [9.17, 15) is 9.90 Å². The fourth-order valence-corrected chi connectivity index (χ4v) is 3.37. The van der Waals surface area contributed by atoms with Crippen LogP contribution < -0.4 is 15.8 Å². The van der Waals surface area contributed by atoms with E-state index in [1.165, 1.54) is 0 Å². The number of aromatic amines is 1. The van der Waals surface area contributed by atoms with E-state index >= 15 is 0 Å². The topological polar surface area (TPSA) is 94.1 Å². The summed E-state index contributed by atoms with van der Waals surface area (Å²) in [4.78, 5) is 25.6. The van der Waals surface area contributed by atoms with Gasteiger partial charge in [0.05, 0.1) is 34.6 Å². The van der Waals surface area contributed by atoms with Crippen LogP contribution in [-0.4, -0.2) is 39.3 Å². The van der Waals surface area contributed by atoms with E-state index in [0.717, 1.165) is 31.6 Å². The normalized spacial score (nSPS) is 14.5. The summed E-state index contributed by atoms with van der Waals surface area (Å²) in [6.45, 7) is 5.63. The van der Waals surface area contributed by atoms with Crippen molar-refractivity contribution in [1.82, 2.24) is 15.0 Å². The van der Waals surface area contributed by atoms with E-state index < -0.39 is 0 Å². The lowest BCUT2D eigenvalue weighted by molar-refractivity contribution is 0.145. The fourth-order valence-electron chi connectivity index (χ4n) is 3.17. The lowest BCUT2D eigenvalue weighted by Gasteiger charge is -2.31. The molecule has 0 radical (unpaired) electrons. The second-order valence-electron chi connectivity index (χ2n) is 6.30. The minimum atomic E-state index is -0.238. The summed E-state index contributed by atoms with van der Waals surface area (Å²) in [7, 11) is 0. The first-order chi connectivity index (χ1) is 13.6. The van der Waals surface area contributed by atoms with Crippen molar-refractivity contribution in [1.29, 1.82) is 0 Å². The van der Waals surface area contributed by atoms with Gasteiger partial charge in [0.1, 0.15) is 11.0 Å². The number of H-pyrrole nitrogens is 1. The first kappa shape index (κ1) is 20.1. The Morgan fingerprint density at radius 3 is 2.68 bits per heavy atom. The Morgan fingerprint density at radius 1 is 1.25 bits per heavy atom. The smallest absolute Gasteiger partial charge is 0.259 e. The van der Waals surface area contributed by atoms with Crippen LogP contribution in [0.25, 0.3) is 10.9 Å². The number of nitrogens with zero attached hydrogens (tertiary/aromatic N) is 3. The summed E-state index contributed by atoms with van der Waals surface area (Å²) in [5.41, 5.74) is 1.85. The number of hydrogen-bond donors (Lipinski definition) is 3. The molecule has 0 aliphatic carbocycles. The fraction of sp³-hybridized carbons (Fsp3) is 0.350. The Morgan fingerprint density at radius 2 is 2.00 bits per heavy atom. The number of hydrogen-bond acceptors (Lipinski definition) is 6. The molecule has 3 N–H and O–H groups in total. The number of pyridine rings is 3. The number of aliphatic hydroxyl groups excluding tert-OH is 1. The van der Waals surface area contributed by atoms with Gasteiger partial charge in [-0.25, -0.2) is 9.97 Å². The maximum absolute atomic E-state index is 12.2. The van der Waals surface area contributed by atoms with E-state index in [4.69, 9.17) is 11.6 Å². The number of nitrogens with one attached hydrogen (secondary N) is 2. The standard InChI is InChI=1S/C18H18ClN5O2.C2H6/c19-15-9-14(17-13(22-15)3-6-20-18(17)26)23-16-2-1-11(10-21-16)24-7-4-12(25)5-8-24;1-2/h1-3,6,9-10,12,25H,4-5,7-8H2,(H,20,26)(H,21,22,23);1-2H3. The van der Waals surface area contributed by atoms with Gasteiger partial charge in [-0.2, -0.15) is 0 Å². The average molecular weight is 402 g/mol. The van der Waals surface area contributed by atoms with E-state index in [1.54, 1.807) is 24.5 Å². The van der Waals surface area contributed by atoms with Crippen molar-refractivity contribution in [3.05, 3.63) is 52.2 Å². The molecule has 7 nitrogen and oxygen atoms in total. The lowest BCUT2D eigenvalue weighted by atomic mass is 10.1. The zero-order chi connectivity index (χ0) is 20.1. The lowest BCUT2D eigenvalue weighted by Crippen LogP contribution is -2.35. The Balaban J connectivity index is 0.00000109. The summed E-state index contributed by atoms with van der Waals surface area (Å²) < 4.78 is 0. The summed E-state index contributed by atoms with van der Waals surface area (Å²) >= 11 is 6.07. The van der Waals surface area contributed by atoms with E-state index in [-0.39, 0.29) is 11.7 Å².